The highest BCUT2D eigenvalue weighted by atomic mass is 16.1. The summed E-state index contributed by atoms with van der Waals surface area (Å²) >= 11 is 0. The number of aryl methyl sites for hydroxylation is 2. The minimum Gasteiger partial charge on any atom is -0.309 e. The Hall–Kier alpha value is -2.67. The second kappa shape index (κ2) is 6.84. The predicted molar refractivity (Wildman–Crippen MR) is 93.7 cm³/mol. The molecule has 24 heavy (non-hydrogen) atoms. The summed E-state index contributed by atoms with van der Waals surface area (Å²) in [4.78, 5) is 14.2. The average molecular weight is 326 g/mol. The Kier molecular flexibility index (Phi) is 4.61. The summed E-state index contributed by atoms with van der Waals surface area (Å²) in [6.07, 6.45) is 0.348. The van der Waals surface area contributed by atoms with Crippen LogP contribution in [0.15, 0.2) is 30.3 Å². The Morgan fingerprint density at radius 2 is 2.12 bits per heavy atom. The van der Waals surface area contributed by atoms with Gasteiger partial charge in [0.05, 0.1) is 23.4 Å². The molecule has 0 unspecified atom stereocenters. The van der Waals surface area contributed by atoms with Crippen molar-refractivity contribution in [1.29, 1.82) is 0 Å². The molecule has 0 saturated heterocycles. The first kappa shape index (κ1) is 16.2. The first-order valence-corrected chi connectivity index (χ1v) is 7.94. The fraction of sp³-hybridized carbons (Fsp3) is 0.353. The number of amides is 1. The van der Waals surface area contributed by atoms with E-state index in [0.717, 1.165) is 28.8 Å². The van der Waals surface area contributed by atoms with E-state index in [-0.39, 0.29) is 5.91 Å². The topological polar surface area (TPSA) is 78.8 Å². The number of aromatic nitrogens is 4. The number of aromatic amines is 1. The molecule has 0 aliphatic heterocycles. The van der Waals surface area contributed by atoms with Crippen molar-refractivity contribution in [2.24, 2.45) is 0 Å². The summed E-state index contributed by atoms with van der Waals surface area (Å²) in [6.45, 7) is 3.27. The molecule has 2 N–H and O–H groups in total. The molecular weight excluding hydrogens is 304 g/mol. The fourth-order valence-corrected chi connectivity index (χ4v) is 2.72. The van der Waals surface area contributed by atoms with Gasteiger partial charge in [-0.3, -0.25) is 14.6 Å². The maximum Gasteiger partial charge on any atom is 0.227 e. The summed E-state index contributed by atoms with van der Waals surface area (Å²) < 4.78 is 1.88. The van der Waals surface area contributed by atoms with Gasteiger partial charge < -0.3 is 10.2 Å². The number of fused-ring (bicyclic) bond motifs is 1. The van der Waals surface area contributed by atoms with Crippen LogP contribution in [0.5, 0.6) is 0 Å². The van der Waals surface area contributed by atoms with E-state index in [1.807, 2.05) is 60.9 Å². The minimum atomic E-state index is -0.0739. The van der Waals surface area contributed by atoms with Crippen LogP contribution in [0.25, 0.3) is 10.9 Å². The molecule has 126 valence electrons. The first-order chi connectivity index (χ1) is 11.5. The molecule has 0 atom stereocenters. The molecule has 0 saturated carbocycles. The molecule has 1 amide bonds. The summed E-state index contributed by atoms with van der Waals surface area (Å²) in [5, 5.41) is 15.5. The predicted octanol–water partition coefficient (Wildman–Crippen LogP) is 2.16. The van der Waals surface area contributed by atoms with Crippen LogP contribution in [-0.4, -0.2) is 44.9 Å². The van der Waals surface area contributed by atoms with Gasteiger partial charge in [0.2, 0.25) is 5.91 Å². The number of benzene rings is 1. The molecule has 3 rings (SSSR count). The van der Waals surface area contributed by atoms with Crippen LogP contribution in [0.4, 0.5) is 5.82 Å². The molecule has 0 spiro atoms. The number of carbonyl (C=O) groups is 1. The van der Waals surface area contributed by atoms with Gasteiger partial charge in [0.15, 0.2) is 5.82 Å². The van der Waals surface area contributed by atoms with Crippen LogP contribution < -0.4 is 5.32 Å². The standard InChI is InChI=1S/C17H22N6O/c1-12-14-6-4-5-7-15(14)23(21-12)9-8-17(24)18-16-10-13(19-20-16)11-22(2)3/h4-7,10H,8-9,11H2,1-3H3,(H2,18,19,20,24). The van der Waals surface area contributed by atoms with Crippen molar-refractivity contribution < 1.29 is 4.79 Å². The minimum absolute atomic E-state index is 0.0739. The Balaban J connectivity index is 1.60. The zero-order chi connectivity index (χ0) is 17.1. The number of para-hydroxylation sites is 1. The van der Waals surface area contributed by atoms with Crippen molar-refractivity contribution >= 4 is 22.6 Å². The molecule has 0 bridgehead atoms. The molecular formula is C17H22N6O. The summed E-state index contributed by atoms with van der Waals surface area (Å²) in [5.41, 5.74) is 2.99. The number of anilines is 1. The smallest absolute Gasteiger partial charge is 0.227 e. The monoisotopic (exact) mass is 326 g/mol. The van der Waals surface area contributed by atoms with Crippen LogP contribution in [0, 0.1) is 6.92 Å². The molecule has 0 aliphatic rings. The highest BCUT2D eigenvalue weighted by molar-refractivity contribution is 5.90. The third kappa shape index (κ3) is 3.62. The molecule has 7 heteroatoms. The SMILES string of the molecule is Cc1nn(CCC(=O)Nc2cc(CN(C)C)[nH]n2)c2ccccc12. The van der Waals surface area contributed by atoms with Gasteiger partial charge in [-0.05, 0) is 27.1 Å². The third-order valence-corrected chi connectivity index (χ3v) is 3.78. The Labute approximate surface area is 140 Å². The highest BCUT2D eigenvalue weighted by Crippen LogP contribution is 2.17. The Morgan fingerprint density at radius 1 is 1.33 bits per heavy atom. The van der Waals surface area contributed by atoms with Gasteiger partial charge in [0, 0.05) is 24.4 Å². The highest BCUT2D eigenvalue weighted by Gasteiger charge is 2.10. The van der Waals surface area contributed by atoms with E-state index < -0.39 is 0 Å². The van der Waals surface area contributed by atoms with Crippen LogP contribution >= 0.6 is 0 Å². The number of hydrogen-bond donors (Lipinski definition) is 2. The average Bonchev–Trinajstić information content (AvgIpc) is 3.10. The lowest BCUT2D eigenvalue weighted by molar-refractivity contribution is -0.116. The number of nitrogens with one attached hydrogen (secondary N) is 2. The largest absolute Gasteiger partial charge is 0.309 e. The van der Waals surface area contributed by atoms with E-state index in [1.54, 1.807) is 0 Å². The van der Waals surface area contributed by atoms with E-state index in [1.165, 1.54) is 0 Å². The van der Waals surface area contributed by atoms with Crippen molar-refractivity contribution in [2.45, 2.75) is 26.4 Å². The lowest BCUT2D eigenvalue weighted by Gasteiger charge is -2.05. The molecule has 2 aromatic heterocycles. The van der Waals surface area contributed by atoms with E-state index in [2.05, 4.69) is 20.6 Å². The van der Waals surface area contributed by atoms with Gasteiger partial charge in [-0.15, -0.1) is 0 Å². The van der Waals surface area contributed by atoms with Gasteiger partial charge in [0.1, 0.15) is 0 Å². The number of carbonyl (C=O) groups excluding carboxylic acids is 1. The van der Waals surface area contributed by atoms with Crippen LogP contribution in [0.1, 0.15) is 17.8 Å². The van der Waals surface area contributed by atoms with Crippen molar-refractivity contribution in [3.63, 3.8) is 0 Å². The van der Waals surface area contributed by atoms with E-state index in [4.69, 9.17) is 0 Å². The van der Waals surface area contributed by atoms with E-state index in [0.29, 0.717) is 18.8 Å². The molecule has 0 aliphatic carbocycles. The Bertz CT molecular complexity index is 848. The summed E-state index contributed by atoms with van der Waals surface area (Å²) in [7, 11) is 3.96. The van der Waals surface area contributed by atoms with Crippen LogP contribution in [-0.2, 0) is 17.9 Å². The van der Waals surface area contributed by atoms with Crippen molar-refractivity contribution in [3.05, 3.63) is 41.7 Å². The second-order valence-corrected chi connectivity index (χ2v) is 6.14. The second-order valence-electron chi connectivity index (χ2n) is 6.14. The van der Waals surface area contributed by atoms with E-state index >= 15 is 0 Å². The van der Waals surface area contributed by atoms with Crippen molar-refractivity contribution in [2.75, 3.05) is 19.4 Å². The van der Waals surface area contributed by atoms with Gasteiger partial charge in [-0.1, -0.05) is 18.2 Å². The molecule has 0 radical (unpaired) electrons. The van der Waals surface area contributed by atoms with Gasteiger partial charge in [-0.2, -0.15) is 10.2 Å². The van der Waals surface area contributed by atoms with Gasteiger partial charge >= 0.3 is 0 Å². The van der Waals surface area contributed by atoms with Gasteiger partial charge in [-0.25, -0.2) is 0 Å². The zero-order valence-corrected chi connectivity index (χ0v) is 14.2. The molecule has 7 nitrogen and oxygen atoms in total. The Morgan fingerprint density at radius 3 is 2.92 bits per heavy atom. The molecule has 3 aromatic rings. The summed E-state index contributed by atoms with van der Waals surface area (Å²) in [6, 6.07) is 9.90. The zero-order valence-electron chi connectivity index (χ0n) is 14.2. The fourth-order valence-electron chi connectivity index (χ4n) is 2.72. The van der Waals surface area contributed by atoms with Crippen molar-refractivity contribution in [3.8, 4) is 0 Å². The van der Waals surface area contributed by atoms with Gasteiger partial charge in [0.25, 0.3) is 0 Å². The lowest BCUT2D eigenvalue weighted by atomic mass is 10.2. The van der Waals surface area contributed by atoms with Crippen LogP contribution in [0.2, 0.25) is 0 Å². The maximum atomic E-state index is 12.1. The molecule has 0 fully saturated rings. The lowest BCUT2D eigenvalue weighted by Crippen LogP contribution is -2.15. The number of nitrogens with zero attached hydrogens (tertiary/aromatic N) is 4. The normalized spacial score (nSPS) is 11.3. The molecule has 2 heterocycles. The summed E-state index contributed by atoms with van der Waals surface area (Å²) in [5.74, 6) is 0.480. The quantitative estimate of drug-likeness (QED) is 0.727. The maximum absolute atomic E-state index is 12.1. The number of hydrogen-bond acceptors (Lipinski definition) is 4. The first-order valence-electron chi connectivity index (χ1n) is 7.94. The number of rotatable bonds is 6. The number of H-pyrrole nitrogens is 1. The van der Waals surface area contributed by atoms with Crippen LogP contribution in [0.3, 0.4) is 0 Å². The van der Waals surface area contributed by atoms with Crippen molar-refractivity contribution in [1.82, 2.24) is 24.9 Å². The molecule has 1 aromatic carbocycles. The van der Waals surface area contributed by atoms with E-state index in [9.17, 15) is 4.79 Å². The third-order valence-electron chi connectivity index (χ3n) is 3.78.